The van der Waals surface area contributed by atoms with Crippen LogP contribution >= 0.6 is 0 Å². The summed E-state index contributed by atoms with van der Waals surface area (Å²) >= 11 is 0. The van der Waals surface area contributed by atoms with Gasteiger partial charge < -0.3 is 4.74 Å². The highest BCUT2D eigenvalue weighted by Gasteiger charge is 2.26. The molecule has 1 aliphatic rings. The van der Waals surface area contributed by atoms with Gasteiger partial charge in [0, 0.05) is 42.8 Å². The zero-order valence-corrected chi connectivity index (χ0v) is 15.7. The minimum Gasteiger partial charge on any atom is -0.467 e. The molecular weight excluding hydrogens is 356 g/mol. The summed E-state index contributed by atoms with van der Waals surface area (Å²) in [4.78, 5) is 27.3. The van der Waals surface area contributed by atoms with Crippen molar-refractivity contribution in [1.29, 1.82) is 0 Å². The van der Waals surface area contributed by atoms with Crippen molar-refractivity contribution < 1.29 is 4.74 Å². The first-order valence-corrected chi connectivity index (χ1v) is 9.31. The number of pyridine rings is 1. The summed E-state index contributed by atoms with van der Waals surface area (Å²) < 4.78 is 6.67. The van der Waals surface area contributed by atoms with Gasteiger partial charge in [0.15, 0.2) is 0 Å². The van der Waals surface area contributed by atoms with Crippen LogP contribution in [0.25, 0.3) is 11.3 Å². The Morgan fingerprint density at radius 1 is 1.21 bits per heavy atom. The number of hydrogen-bond acceptors (Lipinski definition) is 7. The van der Waals surface area contributed by atoms with E-state index in [9.17, 15) is 4.79 Å². The van der Waals surface area contributed by atoms with Crippen molar-refractivity contribution in [1.82, 2.24) is 29.6 Å². The second-order valence-corrected chi connectivity index (χ2v) is 6.78. The molecule has 3 aromatic heterocycles. The molecule has 0 spiro atoms. The summed E-state index contributed by atoms with van der Waals surface area (Å²) in [6, 6.07) is 9.62. The van der Waals surface area contributed by atoms with Crippen LogP contribution in [0.4, 0.5) is 0 Å². The van der Waals surface area contributed by atoms with Gasteiger partial charge in [-0.25, -0.2) is 9.67 Å². The predicted octanol–water partition coefficient (Wildman–Crippen LogP) is 1.77. The molecule has 0 radical (unpaired) electrons. The van der Waals surface area contributed by atoms with Crippen molar-refractivity contribution in [3.05, 3.63) is 65.0 Å². The lowest BCUT2D eigenvalue weighted by Crippen LogP contribution is -2.36. The Labute approximate surface area is 162 Å². The smallest absolute Gasteiger partial charge is 0.316 e. The zero-order valence-electron chi connectivity index (χ0n) is 15.7. The molecule has 0 saturated carbocycles. The molecule has 8 nitrogen and oxygen atoms in total. The van der Waals surface area contributed by atoms with Gasteiger partial charge in [0.1, 0.15) is 0 Å². The minimum absolute atomic E-state index is 0.0943. The quantitative estimate of drug-likeness (QED) is 0.646. The Bertz CT molecular complexity index is 991. The van der Waals surface area contributed by atoms with Gasteiger partial charge in [-0.15, -0.1) is 0 Å². The van der Waals surface area contributed by atoms with E-state index in [0.29, 0.717) is 19.1 Å². The molecule has 1 fully saturated rings. The van der Waals surface area contributed by atoms with E-state index < -0.39 is 0 Å². The topological polar surface area (TPSA) is 86.0 Å². The van der Waals surface area contributed by atoms with Crippen LogP contribution in [0.5, 0.6) is 6.01 Å². The molecule has 8 heteroatoms. The fourth-order valence-corrected chi connectivity index (χ4v) is 3.53. The minimum atomic E-state index is -0.0943. The van der Waals surface area contributed by atoms with Crippen molar-refractivity contribution in [2.75, 3.05) is 13.7 Å². The molecule has 4 rings (SSSR count). The molecule has 28 heavy (non-hydrogen) atoms. The maximum Gasteiger partial charge on any atom is 0.316 e. The summed E-state index contributed by atoms with van der Waals surface area (Å²) in [5, 5.41) is 4.57. The normalized spacial score (nSPS) is 17.0. The zero-order chi connectivity index (χ0) is 19.3. The first kappa shape index (κ1) is 18.2. The first-order valence-electron chi connectivity index (χ1n) is 9.31. The Morgan fingerprint density at radius 2 is 2.14 bits per heavy atom. The van der Waals surface area contributed by atoms with E-state index in [-0.39, 0.29) is 11.6 Å². The highest BCUT2D eigenvalue weighted by molar-refractivity contribution is 5.56. The third-order valence-electron chi connectivity index (χ3n) is 4.95. The summed E-state index contributed by atoms with van der Waals surface area (Å²) in [7, 11) is 1.56. The lowest BCUT2D eigenvalue weighted by atomic mass is 10.2. The van der Waals surface area contributed by atoms with E-state index in [2.05, 4.69) is 25.0 Å². The van der Waals surface area contributed by atoms with Crippen molar-refractivity contribution in [2.24, 2.45) is 0 Å². The first-order chi connectivity index (χ1) is 13.7. The molecular formula is C20H22N6O2. The fraction of sp³-hybridized carbons (Fsp3) is 0.350. The van der Waals surface area contributed by atoms with Crippen molar-refractivity contribution in [2.45, 2.75) is 32.0 Å². The van der Waals surface area contributed by atoms with Crippen LogP contribution in [0.15, 0.2) is 53.7 Å². The predicted molar refractivity (Wildman–Crippen MR) is 104 cm³/mol. The van der Waals surface area contributed by atoms with Gasteiger partial charge in [-0.2, -0.15) is 10.1 Å². The third kappa shape index (κ3) is 4.07. The largest absolute Gasteiger partial charge is 0.467 e. The molecule has 3 aromatic rings. The Morgan fingerprint density at radius 3 is 2.96 bits per heavy atom. The van der Waals surface area contributed by atoms with E-state index in [4.69, 9.17) is 4.74 Å². The van der Waals surface area contributed by atoms with Crippen LogP contribution < -0.4 is 10.3 Å². The van der Waals surface area contributed by atoms with Gasteiger partial charge >= 0.3 is 6.01 Å². The van der Waals surface area contributed by atoms with E-state index >= 15 is 0 Å². The van der Waals surface area contributed by atoms with Crippen LogP contribution in [0.1, 0.15) is 18.5 Å². The van der Waals surface area contributed by atoms with Crippen LogP contribution in [-0.2, 0) is 13.1 Å². The van der Waals surface area contributed by atoms with E-state index in [0.717, 1.165) is 36.3 Å². The Kier molecular flexibility index (Phi) is 5.38. The second-order valence-electron chi connectivity index (χ2n) is 6.78. The van der Waals surface area contributed by atoms with Crippen molar-refractivity contribution in [3.63, 3.8) is 0 Å². The number of rotatable bonds is 6. The van der Waals surface area contributed by atoms with Crippen LogP contribution in [0, 0.1) is 0 Å². The molecule has 0 aromatic carbocycles. The van der Waals surface area contributed by atoms with Crippen LogP contribution in [0.3, 0.4) is 0 Å². The van der Waals surface area contributed by atoms with Gasteiger partial charge in [0.2, 0.25) is 0 Å². The molecule has 144 valence electrons. The van der Waals surface area contributed by atoms with E-state index in [1.807, 2.05) is 18.2 Å². The van der Waals surface area contributed by atoms with E-state index in [1.54, 1.807) is 42.5 Å². The molecule has 1 saturated heterocycles. The lowest BCUT2D eigenvalue weighted by Gasteiger charge is -2.24. The van der Waals surface area contributed by atoms with Gasteiger partial charge in [-0.3, -0.25) is 14.7 Å². The second kappa shape index (κ2) is 8.26. The Hall–Kier alpha value is -3.13. The molecule has 4 heterocycles. The van der Waals surface area contributed by atoms with Gasteiger partial charge in [-0.05, 0) is 43.7 Å². The Balaban J connectivity index is 1.52. The number of aromatic nitrogens is 5. The number of nitrogens with zero attached hydrogens (tertiary/aromatic N) is 6. The molecule has 0 aliphatic carbocycles. The molecule has 0 bridgehead atoms. The summed E-state index contributed by atoms with van der Waals surface area (Å²) in [6.07, 6.45) is 7.28. The molecule has 1 aliphatic heterocycles. The standard InChI is InChI=1S/C20H22N6O2/c1-28-20-22-10-8-16(23-20)13-25-11-3-5-17(25)14-26-19(27)7-6-18(24-26)15-4-2-9-21-12-15/h2,4,6-10,12,17H,3,5,11,13-14H2,1H3. The SMILES string of the molecule is COc1nccc(CN2CCCC2Cn2nc(-c3cccnc3)ccc2=O)n1. The van der Waals surface area contributed by atoms with Crippen LogP contribution in [-0.4, -0.2) is 49.3 Å². The van der Waals surface area contributed by atoms with Crippen molar-refractivity contribution >= 4 is 0 Å². The maximum atomic E-state index is 12.4. The molecule has 0 amide bonds. The molecule has 1 atom stereocenters. The van der Waals surface area contributed by atoms with E-state index in [1.165, 1.54) is 0 Å². The monoisotopic (exact) mass is 378 g/mol. The molecule has 1 unspecified atom stereocenters. The van der Waals surface area contributed by atoms with Gasteiger partial charge in [0.05, 0.1) is 25.0 Å². The fourth-order valence-electron chi connectivity index (χ4n) is 3.53. The highest BCUT2D eigenvalue weighted by atomic mass is 16.5. The van der Waals surface area contributed by atoms with Crippen LogP contribution in [0.2, 0.25) is 0 Å². The molecule has 0 N–H and O–H groups in total. The van der Waals surface area contributed by atoms with Gasteiger partial charge in [-0.1, -0.05) is 0 Å². The lowest BCUT2D eigenvalue weighted by molar-refractivity contribution is 0.213. The summed E-state index contributed by atoms with van der Waals surface area (Å²) in [5.41, 5.74) is 2.46. The van der Waals surface area contributed by atoms with Crippen molar-refractivity contribution in [3.8, 4) is 17.3 Å². The number of hydrogen-bond donors (Lipinski definition) is 0. The maximum absolute atomic E-state index is 12.4. The average molecular weight is 378 g/mol. The van der Waals surface area contributed by atoms with Gasteiger partial charge in [0.25, 0.3) is 5.56 Å². The third-order valence-corrected chi connectivity index (χ3v) is 4.95. The number of ether oxygens (including phenoxy) is 1. The summed E-state index contributed by atoms with van der Waals surface area (Å²) in [5.74, 6) is 0. The highest BCUT2D eigenvalue weighted by Crippen LogP contribution is 2.21. The number of likely N-dealkylation sites (tertiary alicyclic amines) is 1. The average Bonchev–Trinajstić information content (AvgIpc) is 3.17. The summed E-state index contributed by atoms with van der Waals surface area (Å²) in [6.45, 7) is 2.21. The number of methoxy groups -OCH3 is 1.